The Morgan fingerprint density at radius 3 is 2.63 bits per heavy atom. The first-order chi connectivity index (χ1) is 13.0. The summed E-state index contributed by atoms with van der Waals surface area (Å²) in [5.74, 6) is -0.274. The zero-order chi connectivity index (χ0) is 19.4. The van der Waals surface area contributed by atoms with E-state index < -0.39 is 0 Å². The van der Waals surface area contributed by atoms with Crippen molar-refractivity contribution in [2.45, 2.75) is 33.6 Å². The molecule has 0 saturated heterocycles. The van der Waals surface area contributed by atoms with Gasteiger partial charge in [0.15, 0.2) is 11.5 Å². The number of nitrogens with one attached hydrogen (secondary N) is 2. The van der Waals surface area contributed by atoms with Gasteiger partial charge in [0.05, 0.1) is 0 Å². The van der Waals surface area contributed by atoms with E-state index in [2.05, 4.69) is 22.5 Å². The Kier molecular flexibility index (Phi) is 5.54. The van der Waals surface area contributed by atoms with E-state index in [0.717, 1.165) is 24.0 Å². The average Bonchev–Trinajstić information content (AvgIpc) is 2.98. The maximum Gasteiger partial charge on any atom is 0.272 e. The lowest BCUT2D eigenvalue weighted by molar-refractivity contribution is 0.0948. The van der Waals surface area contributed by atoms with E-state index in [0.29, 0.717) is 23.4 Å². The first kappa shape index (κ1) is 18.6. The third-order valence-corrected chi connectivity index (χ3v) is 4.31. The fourth-order valence-electron chi connectivity index (χ4n) is 2.88. The summed E-state index contributed by atoms with van der Waals surface area (Å²) in [6.07, 6.45) is 3.73. The molecule has 0 fully saturated rings. The van der Waals surface area contributed by atoms with Crippen molar-refractivity contribution in [1.82, 2.24) is 14.7 Å². The van der Waals surface area contributed by atoms with Crippen LogP contribution in [0, 0.1) is 13.8 Å². The average molecular weight is 364 g/mol. The molecule has 2 aromatic heterocycles. The number of hydrogen-bond donors (Lipinski definition) is 2. The third-order valence-electron chi connectivity index (χ3n) is 4.31. The van der Waals surface area contributed by atoms with Crippen LogP contribution in [0.1, 0.15) is 51.7 Å². The molecule has 0 bridgehead atoms. The number of carbonyl (C=O) groups is 2. The fraction of sp³-hybridized carbons (Fsp3) is 0.286. The van der Waals surface area contributed by atoms with Gasteiger partial charge in [0.25, 0.3) is 11.8 Å². The van der Waals surface area contributed by atoms with E-state index in [1.165, 1.54) is 0 Å². The van der Waals surface area contributed by atoms with Crippen molar-refractivity contribution < 1.29 is 9.59 Å². The molecule has 0 spiro atoms. The van der Waals surface area contributed by atoms with Crippen LogP contribution in [0.15, 0.2) is 42.6 Å². The topological polar surface area (TPSA) is 75.5 Å². The van der Waals surface area contributed by atoms with Crippen LogP contribution in [0.4, 0.5) is 5.82 Å². The molecule has 0 atom stereocenters. The number of imidazole rings is 1. The summed E-state index contributed by atoms with van der Waals surface area (Å²) < 4.78 is 1.72. The molecule has 0 aliphatic rings. The summed E-state index contributed by atoms with van der Waals surface area (Å²) in [5, 5.41) is 5.71. The van der Waals surface area contributed by atoms with Crippen LogP contribution in [0.5, 0.6) is 0 Å². The quantitative estimate of drug-likeness (QED) is 0.654. The zero-order valence-electron chi connectivity index (χ0n) is 15.9. The van der Waals surface area contributed by atoms with Crippen LogP contribution < -0.4 is 10.6 Å². The predicted octanol–water partition coefficient (Wildman–Crippen LogP) is 3.73. The molecule has 2 heterocycles. The Labute approximate surface area is 158 Å². The normalized spacial score (nSPS) is 10.8. The minimum absolute atomic E-state index is 0.249. The lowest BCUT2D eigenvalue weighted by Crippen LogP contribution is -2.27. The molecule has 1 aromatic carbocycles. The van der Waals surface area contributed by atoms with E-state index in [1.807, 2.05) is 44.3 Å². The SMILES string of the molecule is CCCCNC(=O)c1c(NC(=O)c2cccc(C)c2)nc2ccc(C)cn12. The number of anilines is 1. The van der Waals surface area contributed by atoms with Crippen LogP contribution in [-0.4, -0.2) is 27.7 Å². The van der Waals surface area contributed by atoms with E-state index in [4.69, 9.17) is 0 Å². The molecular formula is C21H24N4O2. The standard InChI is InChI=1S/C21H24N4O2/c1-4-5-11-22-21(27)18-19(23-17-10-9-15(3)13-25(17)18)24-20(26)16-8-6-7-14(2)12-16/h6-10,12-13H,4-5,11H2,1-3H3,(H,22,27)(H,24,26). The van der Waals surface area contributed by atoms with Gasteiger partial charge in [-0.05, 0) is 44.0 Å². The maximum atomic E-state index is 12.8. The van der Waals surface area contributed by atoms with E-state index >= 15 is 0 Å². The van der Waals surface area contributed by atoms with Crippen molar-refractivity contribution in [3.63, 3.8) is 0 Å². The highest BCUT2D eigenvalue weighted by molar-refractivity contribution is 6.08. The third kappa shape index (κ3) is 4.16. The highest BCUT2D eigenvalue weighted by atomic mass is 16.2. The van der Waals surface area contributed by atoms with E-state index in [9.17, 15) is 9.59 Å². The first-order valence-corrected chi connectivity index (χ1v) is 9.14. The van der Waals surface area contributed by atoms with Gasteiger partial charge in [-0.3, -0.25) is 14.0 Å². The molecule has 0 aliphatic carbocycles. The number of pyridine rings is 1. The van der Waals surface area contributed by atoms with Gasteiger partial charge >= 0.3 is 0 Å². The van der Waals surface area contributed by atoms with Crippen molar-refractivity contribution in [2.75, 3.05) is 11.9 Å². The number of aryl methyl sites for hydroxylation is 2. The molecule has 2 N–H and O–H groups in total. The number of nitrogens with zero attached hydrogens (tertiary/aromatic N) is 2. The van der Waals surface area contributed by atoms with Gasteiger partial charge < -0.3 is 10.6 Å². The summed E-state index contributed by atoms with van der Waals surface area (Å²) >= 11 is 0. The molecule has 140 valence electrons. The van der Waals surface area contributed by atoms with Gasteiger partial charge in [0.1, 0.15) is 5.65 Å². The fourth-order valence-corrected chi connectivity index (χ4v) is 2.88. The van der Waals surface area contributed by atoms with E-state index in [1.54, 1.807) is 16.5 Å². The van der Waals surface area contributed by atoms with Gasteiger partial charge in [-0.1, -0.05) is 37.1 Å². The van der Waals surface area contributed by atoms with Crippen molar-refractivity contribution >= 4 is 23.3 Å². The van der Waals surface area contributed by atoms with Crippen molar-refractivity contribution in [2.24, 2.45) is 0 Å². The molecule has 0 radical (unpaired) electrons. The van der Waals surface area contributed by atoms with Crippen LogP contribution in [-0.2, 0) is 0 Å². The minimum Gasteiger partial charge on any atom is -0.351 e. The molecule has 27 heavy (non-hydrogen) atoms. The monoisotopic (exact) mass is 364 g/mol. The minimum atomic E-state index is -0.290. The van der Waals surface area contributed by atoms with Crippen molar-refractivity contribution in [1.29, 1.82) is 0 Å². The summed E-state index contributed by atoms with van der Waals surface area (Å²) in [4.78, 5) is 29.9. The summed E-state index contributed by atoms with van der Waals surface area (Å²) in [6, 6.07) is 11.1. The number of fused-ring (bicyclic) bond motifs is 1. The van der Waals surface area contributed by atoms with Crippen LogP contribution in [0.3, 0.4) is 0 Å². The van der Waals surface area contributed by atoms with Crippen LogP contribution in [0.2, 0.25) is 0 Å². The maximum absolute atomic E-state index is 12.8. The second kappa shape index (κ2) is 8.03. The number of benzene rings is 1. The van der Waals surface area contributed by atoms with Gasteiger partial charge in [-0.15, -0.1) is 0 Å². The molecular weight excluding hydrogens is 340 g/mol. The lowest BCUT2D eigenvalue weighted by Gasteiger charge is -2.08. The van der Waals surface area contributed by atoms with Gasteiger partial charge in [0, 0.05) is 18.3 Å². The van der Waals surface area contributed by atoms with Crippen LogP contribution >= 0.6 is 0 Å². The highest BCUT2D eigenvalue weighted by Crippen LogP contribution is 2.20. The van der Waals surface area contributed by atoms with Crippen molar-refractivity contribution in [3.05, 3.63) is 65.0 Å². The largest absolute Gasteiger partial charge is 0.351 e. The Balaban J connectivity index is 1.97. The first-order valence-electron chi connectivity index (χ1n) is 9.14. The number of aromatic nitrogens is 2. The number of unbranched alkanes of at least 4 members (excludes halogenated alkanes) is 1. The predicted molar refractivity (Wildman–Crippen MR) is 106 cm³/mol. The highest BCUT2D eigenvalue weighted by Gasteiger charge is 2.21. The van der Waals surface area contributed by atoms with Gasteiger partial charge in [-0.2, -0.15) is 0 Å². The second-order valence-electron chi connectivity index (χ2n) is 6.68. The number of rotatable bonds is 6. The number of hydrogen-bond acceptors (Lipinski definition) is 3. The smallest absolute Gasteiger partial charge is 0.272 e. The molecule has 6 nitrogen and oxygen atoms in total. The Morgan fingerprint density at radius 2 is 1.89 bits per heavy atom. The molecule has 0 unspecified atom stereocenters. The number of amides is 2. The molecule has 3 rings (SSSR count). The van der Waals surface area contributed by atoms with Gasteiger partial charge in [-0.25, -0.2) is 4.98 Å². The lowest BCUT2D eigenvalue weighted by atomic mass is 10.1. The summed E-state index contributed by atoms with van der Waals surface area (Å²) in [7, 11) is 0. The number of carbonyl (C=O) groups excluding carboxylic acids is 2. The molecule has 3 aromatic rings. The van der Waals surface area contributed by atoms with Crippen LogP contribution in [0.25, 0.3) is 5.65 Å². The Morgan fingerprint density at radius 1 is 1.07 bits per heavy atom. The van der Waals surface area contributed by atoms with Gasteiger partial charge in [0.2, 0.25) is 0 Å². The summed E-state index contributed by atoms with van der Waals surface area (Å²) in [6.45, 7) is 6.52. The Bertz CT molecular complexity index is 991. The molecule has 6 heteroatoms. The van der Waals surface area contributed by atoms with Crippen molar-refractivity contribution in [3.8, 4) is 0 Å². The second-order valence-corrected chi connectivity index (χ2v) is 6.68. The molecule has 0 saturated carbocycles. The van der Waals surface area contributed by atoms with E-state index in [-0.39, 0.29) is 17.6 Å². The molecule has 0 aliphatic heterocycles. The summed E-state index contributed by atoms with van der Waals surface area (Å²) in [5.41, 5.74) is 3.47. The Hall–Kier alpha value is -3.15. The molecule has 2 amide bonds. The zero-order valence-corrected chi connectivity index (χ0v) is 15.9.